The monoisotopic (exact) mass is 299 g/mol. The first-order chi connectivity index (χ1) is 9.36. The van der Waals surface area contributed by atoms with Crippen LogP contribution in [0.4, 0.5) is 5.95 Å². The number of anilines is 1. The van der Waals surface area contributed by atoms with E-state index in [0.717, 1.165) is 6.42 Å². The van der Waals surface area contributed by atoms with Gasteiger partial charge in [-0.05, 0) is 12.8 Å². The van der Waals surface area contributed by atoms with E-state index in [4.69, 9.17) is 5.11 Å². The fourth-order valence-electron chi connectivity index (χ4n) is 2.25. The smallest absolute Gasteiger partial charge is 0.307 e. The molecule has 20 heavy (non-hydrogen) atoms. The van der Waals surface area contributed by atoms with E-state index in [-0.39, 0.29) is 6.42 Å². The number of aromatic nitrogens is 2. The van der Waals surface area contributed by atoms with Crippen LogP contribution in [0.3, 0.4) is 0 Å². The molecule has 0 amide bonds. The molecule has 1 N–H and O–H groups in total. The molecule has 0 saturated carbocycles. The molecule has 1 aliphatic heterocycles. The van der Waals surface area contributed by atoms with Gasteiger partial charge in [0.05, 0.1) is 11.7 Å². The van der Waals surface area contributed by atoms with Gasteiger partial charge in [0, 0.05) is 37.3 Å². The van der Waals surface area contributed by atoms with Crippen molar-refractivity contribution in [1.82, 2.24) is 9.97 Å². The van der Waals surface area contributed by atoms with Gasteiger partial charge in [-0.2, -0.15) is 0 Å². The van der Waals surface area contributed by atoms with Crippen molar-refractivity contribution in [3.8, 4) is 0 Å². The first-order valence-corrected chi connectivity index (χ1v) is 8.28. The Labute approximate surface area is 117 Å². The van der Waals surface area contributed by atoms with Crippen molar-refractivity contribution in [3.63, 3.8) is 0 Å². The first-order valence-electron chi connectivity index (χ1n) is 6.33. The van der Waals surface area contributed by atoms with Crippen molar-refractivity contribution in [1.29, 1.82) is 0 Å². The zero-order valence-electron chi connectivity index (χ0n) is 11.2. The molecule has 1 aromatic rings. The third-order valence-electron chi connectivity index (χ3n) is 3.31. The van der Waals surface area contributed by atoms with Crippen LogP contribution in [0.1, 0.15) is 18.4 Å². The van der Waals surface area contributed by atoms with Gasteiger partial charge in [0.2, 0.25) is 5.95 Å². The van der Waals surface area contributed by atoms with Crippen LogP contribution >= 0.6 is 0 Å². The number of hydrogen-bond donors (Lipinski definition) is 1. The predicted octanol–water partition coefficient (Wildman–Crippen LogP) is 0.117. The van der Waals surface area contributed by atoms with Gasteiger partial charge >= 0.3 is 5.97 Å². The quantitative estimate of drug-likeness (QED) is 0.842. The van der Waals surface area contributed by atoms with Crippen molar-refractivity contribution in [2.24, 2.45) is 0 Å². The molecule has 1 atom stereocenters. The van der Waals surface area contributed by atoms with E-state index in [2.05, 4.69) is 9.97 Å². The van der Waals surface area contributed by atoms with Crippen LogP contribution in [-0.2, 0) is 21.1 Å². The summed E-state index contributed by atoms with van der Waals surface area (Å²) in [6.07, 6.45) is 5.51. The van der Waals surface area contributed by atoms with Gasteiger partial charge in [0.1, 0.15) is 0 Å². The lowest BCUT2D eigenvalue weighted by Gasteiger charge is -2.31. The fourth-order valence-corrected chi connectivity index (χ4v) is 3.29. The molecule has 1 aliphatic rings. The molecule has 2 heterocycles. The largest absolute Gasteiger partial charge is 0.481 e. The maximum Gasteiger partial charge on any atom is 0.307 e. The normalized spacial score (nSPS) is 19.9. The molecule has 0 spiro atoms. The van der Waals surface area contributed by atoms with Gasteiger partial charge in [-0.15, -0.1) is 0 Å². The summed E-state index contributed by atoms with van der Waals surface area (Å²) in [5.41, 5.74) is 0.526. The Kier molecular flexibility index (Phi) is 4.22. The number of carbonyl (C=O) groups is 1. The topological polar surface area (TPSA) is 100 Å². The SMILES string of the molecule is CS(=O)(=O)C1CCCN(c2ncc(CC(=O)O)cn2)C1. The number of aliphatic carboxylic acids is 1. The number of sulfone groups is 1. The van der Waals surface area contributed by atoms with Crippen LogP contribution in [0.25, 0.3) is 0 Å². The Balaban J connectivity index is 2.09. The molecule has 0 bridgehead atoms. The number of carboxylic acids is 1. The third kappa shape index (κ3) is 3.66. The third-order valence-corrected chi connectivity index (χ3v) is 4.91. The molecular formula is C12H17N3O4S. The van der Waals surface area contributed by atoms with E-state index in [1.165, 1.54) is 18.6 Å². The van der Waals surface area contributed by atoms with Crippen LogP contribution in [0.5, 0.6) is 0 Å². The van der Waals surface area contributed by atoms with Gasteiger partial charge in [-0.1, -0.05) is 0 Å². The Bertz CT molecular complexity index is 585. The Morgan fingerprint density at radius 2 is 2.10 bits per heavy atom. The van der Waals surface area contributed by atoms with E-state index < -0.39 is 21.1 Å². The second-order valence-corrected chi connectivity index (χ2v) is 7.33. The average Bonchev–Trinajstić information content (AvgIpc) is 2.38. The summed E-state index contributed by atoms with van der Waals surface area (Å²) in [5, 5.41) is 8.29. The molecule has 1 saturated heterocycles. The fraction of sp³-hybridized carbons (Fsp3) is 0.583. The summed E-state index contributed by atoms with van der Waals surface area (Å²) in [7, 11) is -3.07. The van der Waals surface area contributed by atoms with E-state index in [0.29, 0.717) is 31.0 Å². The number of nitrogens with zero attached hydrogens (tertiary/aromatic N) is 3. The average molecular weight is 299 g/mol. The zero-order valence-corrected chi connectivity index (χ0v) is 12.0. The highest BCUT2D eigenvalue weighted by molar-refractivity contribution is 7.91. The van der Waals surface area contributed by atoms with Crippen LogP contribution in [-0.4, -0.2) is 54.1 Å². The summed E-state index contributed by atoms with van der Waals surface area (Å²) in [6.45, 7) is 1.10. The number of carboxylic acid groups (broad SMARTS) is 1. The van der Waals surface area contributed by atoms with Gasteiger partial charge in [0.15, 0.2) is 9.84 Å². The molecular weight excluding hydrogens is 282 g/mol. The molecule has 1 fully saturated rings. The van der Waals surface area contributed by atoms with Crippen molar-refractivity contribution < 1.29 is 18.3 Å². The maximum absolute atomic E-state index is 11.6. The highest BCUT2D eigenvalue weighted by Crippen LogP contribution is 2.20. The summed E-state index contributed by atoms with van der Waals surface area (Å²) in [4.78, 5) is 20.7. The van der Waals surface area contributed by atoms with Crippen LogP contribution in [0.15, 0.2) is 12.4 Å². The minimum atomic E-state index is -3.07. The second-order valence-electron chi connectivity index (χ2n) is 5.00. The molecule has 0 aromatic carbocycles. The molecule has 0 aliphatic carbocycles. The molecule has 8 heteroatoms. The highest BCUT2D eigenvalue weighted by Gasteiger charge is 2.28. The first kappa shape index (κ1) is 14.7. The van der Waals surface area contributed by atoms with Crippen LogP contribution < -0.4 is 4.90 Å². The lowest BCUT2D eigenvalue weighted by molar-refractivity contribution is -0.136. The molecule has 110 valence electrons. The Morgan fingerprint density at radius 3 is 2.65 bits per heavy atom. The van der Waals surface area contributed by atoms with Gasteiger partial charge in [-0.3, -0.25) is 4.79 Å². The summed E-state index contributed by atoms with van der Waals surface area (Å²) >= 11 is 0. The van der Waals surface area contributed by atoms with Gasteiger partial charge in [0.25, 0.3) is 0 Å². The van der Waals surface area contributed by atoms with Gasteiger partial charge in [-0.25, -0.2) is 18.4 Å². The lowest BCUT2D eigenvalue weighted by atomic mass is 10.1. The molecule has 2 rings (SSSR count). The minimum Gasteiger partial charge on any atom is -0.481 e. The van der Waals surface area contributed by atoms with Crippen molar-refractivity contribution in [2.45, 2.75) is 24.5 Å². The Hall–Kier alpha value is -1.70. The van der Waals surface area contributed by atoms with Crippen molar-refractivity contribution in [2.75, 3.05) is 24.2 Å². The van der Waals surface area contributed by atoms with E-state index in [1.54, 1.807) is 0 Å². The minimum absolute atomic E-state index is 0.119. The summed E-state index contributed by atoms with van der Waals surface area (Å²) in [6, 6.07) is 0. The van der Waals surface area contributed by atoms with E-state index in [1.807, 2.05) is 4.90 Å². The summed E-state index contributed by atoms with van der Waals surface area (Å²) in [5.74, 6) is -0.482. The van der Waals surface area contributed by atoms with E-state index >= 15 is 0 Å². The van der Waals surface area contributed by atoms with Gasteiger partial charge < -0.3 is 10.0 Å². The van der Waals surface area contributed by atoms with Crippen LogP contribution in [0, 0.1) is 0 Å². The number of hydrogen-bond acceptors (Lipinski definition) is 6. The summed E-state index contributed by atoms with van der Waals surface area (Å²) < 4.78 is 23.2. The standard InChI is InChI=1S/C12H17N3O4S/c1-20(18,19)10-3-2-4-15(8-10)12-13-6-9(7-14-12)5-11(16)17/h6-7,10H,2-5,8H2,1H3,(H,16,17). The van der Waals surface area contributed by atoms with E-state index in [9.17, 15) is 13.2 Å². The molecule has 0 radical (unpaired) electrons. The molecule has 1 unspecified atom stereocenters. The predicted molar refractivity (Wildman–Crippen MR) is 73.5 cm³/mol. The lowest BCUT2D eigenvalue weighted by Crippen LogP contribution is -2.42. The molecule has 1 aromatic heterocycles. The van der Waals surface area contributed by atoms with Crippen LogP contribution in [0.2, 0.25) is 0 Å². The van der Waals surface area contributed by atoms with Crippen molar-refractivity contribution in [3.05, 3.63) is 18.0 Å². The molecule has 7 nitrogen and oxygen atoms in total. The maximum atomic E-state index is 11.6. The Morgan fingerprint density at radius 1 is 1.45 bits per heavy atom. The highest BCUT2D eigenvalue weighted by atomic mass is 32.2. The number of piperidine rings is 1. The van der Waals surface area contributed by atoms with Crippen molar-refractivity contribution >= 4 is 21.8 Å². The number of rotatable bonds is 4. The zero-order chi connectivity index (χ0) is 14.8. The second kappa shape index (κ2) is 5.74.